The molecule has 9 heteroatoms. The highest BCUT2D eigenvalue weighted by molar-refractivity contribution is 7.98. The normalized spacial score (nSPS) is 12.3. The number of ether oxygens (including phenoxy) is 1. The summed E-state index contributed by atoms with van der Waals surface area (Å²) in [7, 11) is 0. The molecule has 0 aliphatic carbocycles. The van der Waals surface area contributed by atoms with E-state index in [0.29, 0.717) is 28.4 Å². The molecule has 3 aromatic rings. The summed E-state index contributed by atoms with van der Waals surface area (Å²) in [6.45, 7) is 12.8. The highest BCUT2D eigenvalue weighted by Crippen LogP contribution is 2.25. The molecule has 0 aliphatic heterocycles. The van der Waals surface area contributed by atoms with E-state index < -0.39 is 0 Å². The summed E-state index contributed by atoms with van der Waals surface area (Å²) in [5, 5.41) is 12.8. The van der Waals surface area contributed by atoms with E-state index >= 15 is 0 Å². The second-order valence-electron chi connectivity index (χ2n) is 8.89. The molecule has 0 atom stereocenters. The van der Waals surface area contributed by atoms with Crippen molar-refractivity contribution in [3.8, 4) is 5.75 Å². The van der Waals surface area contributed by atoms with Gasteiger partial charge in [-0.15, -0.1) is 10.2 Å². The lowest BCUT2D eigenvalue weighted by molar-refractivity contribution is 0.291. The van der Waals surface area contributed by atoms with E-state index in [0.717, 1.165) is 5.75 Å². The van der Waals surface area contributed by atoms with Gasteiger partial charge in [0, 0.05) is 5.41 Å². The molecule has 2 aromatic heterocycles. The Hall–Kier alpha value is -2.55. The summed E-state index contributed by atoms with van der Waals surface area (Å²) < 4.78 is 12.5. The van der Waals surface area contributed by atoms with Crippen LogP contribution in [0.1, 0.15) is 64.6 Å². The maximum absolute atomic E-state index is 6.11. The molecule has 1 aromatic carbocycles. The first-order valence-corrected chi connectivity index (χ1v) is 10.4. The molecular formula is C20H28N6O2S. The highest BCUT2D eigenvalue weighted by Gasteiger charge is 2.22. The minimum absolute atomic E-state index is 0.106. The van der Waals surface area contributed by atoms with Crippen LogP contribution in [0.5, 0.6) is 5.75 Å². The van der Waals surface area contributed by atoms with E-state index in [1.54, 1.807) is 0 Å². The minimum atomic E-state index is -0.181. The third-order valence-corrected chi connectivity index (χ3v) is 5.20. The average Bonchev–Trinajstić information content (AvgIpc) is 3.25. The number of aromatic nitrogens is 5. The Morgan fingerprint density at radius 2 is 1.72 bits per heavy atom. The van der Waals surface area contributed by atoms with Crippen LogP contribution in [-0.4, -0.2) is 25.0 Å². The zero-order chi connectivity index (χ0) is 21.2. The van der Waals surface area contributed by atoms with Gasteiger partial charge in [0.05, 0.1) is 5.75 Å². The molecule has 0 fully saturated rings. The quantitative estimate of drug-likeness (QED) is 0.477. The van der Waals surface area contributed by atoms with Crippen molar-refractivity contribution in [1.82, 2.24) is 25.0 Å². The molecule has 2 heterocycles. The van der Waals surface area contributed by atoms with E-state index in [2.05, 4.69) is 53.2 Å². The Morgan fingerprint density at radius 1 is 1.03 bits per heavy atom. The molecule has 0 bridgehead atoms. The first-order chi connectivity index (χ1) is 13.5. The zero-order valence-electron chi connectivity index (χ0n) is 17.8. The Labute approximate surface area is 175 Å². The predicted octanol–water partition coefficient (Wildman–Crippen LogP) is 3.84. The summed E-state index contributed by atoms with van der Waals surface area (Å²) in [4.78, 5) is 4.41. The largest absolute Gasteiger partial charge is 0.486 e. The topological polar surface area (TPSA) is 105 Å². The second-order valence-corrected chi connectivity index (χ2v) is 9.83. The van der Waals surface area contributed by atoms with Crippen LogP contribution < -0.4 is 10.6 Å². The first kappa shape index (κ1) is 21.2. The van der Waals surface area contributed by atoms with Gasteiger partial charge in [-0.1, -0.05) is 70.6 Å². The number of hydrogen-bond donors (Lipinski definition) is 1. The van der Waals surface area contributed by atoms with Crippen LogP contribution in [0.3, 0.4) is 0 Å². The Morgan fingerprint density at radius 3 is 2.31 bits per heavy atom. The number of benzene rings is 1. The van der Waals surface area contributed by atoms with Crippen molar-refractivity contribution in [2.24, 2.45) is 0 Å². The van der Waals surface area contributed by atoms with Gasteiger partial charge in [0.1, 0.15) is 12.4 Å². The molecule has 0 aliphatic rings. The molecule has 0 spiro atoms. The zero-order valence-corrected chi connectivity index (χ0v) is 18.6. The van der Waals surface area contributed by atoms with Crippen molar-refractivity contribution in [3.05, 3.63) is 47.4 Å². The minimum Gasteiger partial charge on any atom is -0.486 e. The molecule has 0 saturated carbocycles. The third kappa shape index (κ3) is 5.29. The average molecular weight is 417 g/mol. The molecule has 3 rings (SSSR count). The third-order valence-electron chi connectivity index (χ3n) is 4.26. The van der Waals surface area contributed by atoms with Crippen LogP contribution in [0.2, 0.25) is 0 Å². The van der Waals surface area contributed by atoms with Crippen LogP contribution in [0.15, 0.2) is 33.9 Å². The van der Waals surface area contributed by atoms with Gasteiger partial charge in [-0.05, 0) is 23.1 Å². The predicted molar refractivity (Wildman–Crippen MR) is 112 cm³/mol. The summed E-state index contributed by atoms with van der Waals surface area (Å²) in [6, 6.07) is 8.05. The van der Waals surface area contributed by atoms with Gasteiger partial charge in [-0.3, -0.25) is 0 Å². The summed E-state index contributed by atoms with van der Waals surface area (Å²) in [5.74, 6) is 9.11. The van der Waals surface area contributed by atoms with Crippen LogP contribution in [-0.2, 0) is 23.2 Å². The van der Waals surface area contributed by atoms with Crippen LogP contribution in [0.4, 0.5) is 0 Å². The van der Waals surface area contributed by atoms with E-state index in [4.69, 9.17) is 15.1 Å². The fourth-order valence-corrected chi connectivity index (χ4v) is 3.17. The van der Waals surface area contributed by atoms with Crippen molar-refractivity contribution < 1.29 is 9.26 Å². The van der Waals surface area contributed by atoms with Gasteiger partial charge in [0.15, 0.2) is 11.6 Å². The maximum Gasteiger partial charge on any atom is 0.232 e. The molecule has 8 nitrogen and oxygen atoms in total. The number of nitrogen functional groups attached to an aromatic ring is 1. The van der Waals surface area contributed by atoms with Crippen LogP contribution in [0, 0.1) is 0 Å². The van der Waals surface area contributed by atoms with E-state index in [-0.39, 0.29) is 17.4 Å². The molecule has 29 heavy (non-hydrogen) atoms. The number of thioether (sulfide) groups is 1. The fourth-order valence-electron chi connectivity index (χ4n) is 2.45. The van der Waals surface area contributed by atoms with Gasteiger partial charge in [-0.25, -0.2) is 4.68 Å². The van der Waals surface area contributed by atoms with Crippen LogP contribution >= 0.6 is 11.8 Å². The van der Waals surface area contributed by atoms with Crippen molar-refractivity contribution in [3.63, 3.8) is 0 Å². The smallest absolute Gasteiger partial charge is 0.232 e. The Balaban J connectivity index is 1.57. The van der Waals surface area contributed by atoms with Gasteiger partial charge in [-0.2, -0.15) is 4.98 Å². The van der Waals surface area contributed by atoms with Crippen molar-refractivity contribution >= 4 is 11.8 Å². The van der Waals surface area contributed by atoms with Crippen LogP contribution in [0.25, 0.3) is 0 Å². The monoisotopic (exact) mass is 416 g/mol. The fraction of sp³-hybridized carbons (Fsp3) is 0.500. The van der Waals surface area contributed by atoms with E-state index in [9.17, 15) is 0 Å². The summed E-state index contributed by atoms with van der Waals surface area (Å²) in [6.07, 6.45) is 0. The Kier molecular flexibility index (Phi) is 5.88. The SMILES string of the molecule is CC(C)(C)c1ccc(OCc2nnc(SCc3noc(C(C)(C)C)n3)n2N)cc1. The molecule has 0 radical (unpaired) electrons. The lowest BCUT2D eigenvalue weighted by Gasteiger charge is -2.19. The number of nitrogens with zero attached hydrogens (tertiary/aromatic N) is 5. The molecule has 0 unspecified atom stereocenters. The lowest BCUT2D eigenvalue weighted by Crippen LogP contribution is -2.16. The van der Waals surface area contributed by atoms with Crippen molar-refractivity contribution in [2.45, 2.75) is 69.9 Å². The maximum atomic E-state index is 6.11. The van der Waals surface area contributed by atoms with Gasteiger partial charge >= 0.3 is 0 Å². The molecular weight excluding hydrogens is 388 g/mol. The highest BCUT2D eigenvalue weighted by atomic mass is 32.2. The molecule has 0 amide bonds. The number of hydrogen-bond acceptors (Lipinski definition) is 8. The molecule has 0 saturated heterocycles. The Bertz CT molecular complexity index is 951. The standard InChI is InChI=1S/C20H28N6O2S/c1-19(2,3)13-7-9-14(10-8-13)27-11-16-23-24-18(26(16)21)29-12-15-22-17(28-25-15)20(4,5)6/h7-10H,11-12,21H2,1-6H3. The van der Waals surface area contributed by atoms with E-state index in [1.165, 1.54) is 22.0 Å². The van der Waals surface area contributed by atoms with Crippen molar-refractivity contribution in [1.29, 1.82) is 0 Å². The number of rotatable bonds is 6. The molecule has 156 valence electrons. The second kappa shape index (κ2) is 8.06. The van der Waals surface area contributed by atoms with Gasteiger partial charge in [0.25, 0.3) is 0 Å². The molecule has 2 N–H and O–H groups in total. The summed E-state index contributed by atoms with van der Waals surface area (Å²) in [5.41, 5.74) is 1.18. The lowest BCUT2D eigenvalue weighted by atomic mass is 9.87. The summed E-state index contributed by atoms with van der Waals surface area (Å²) >= 11 is 1.40. The van der Waals surface area contributed by atoms with Crippen molar-refractivity contribution in [2.75, 3.05) is 5.84 Å². The van der Waals surface area contributed by atoms with Gasteiger partial charge in [0.2, 0.25) is 11.0 Å². The van der Waals surface area contributed by atoms with Gasteiger partial charge < -0.3 is 15.1 Å². The first-order valence-electron chi connectivity index (χ1n) is 9.42. The van der Waals surface area contributed by atoms with E-state index in [1.807, 2.05) is 32.9 Å². The number of nitrogens with two attached hydrogens (primary N) is 1.